The zero-order chi connectivity index (χ0) is 20.0. The molecular weight excluding hydrogens is 354 g/mol. The lowest BCUT2D eigenvalue weighted by Crippen LogP contribution is -1.93. The van der Waals surface area contributed by atoms with E-state index in [-0.39, 0.29) is 0 Å². The second kappa shape index (κ2) is 6.82. The Balaban J connectivity index is 1.74. The van der Waals surface area contributed by atoms with E-state index in [0.717, 1.165) is 22.6 Å². The summed E-state index contributed by atoms with van der Waals surface area (Å²) in [5.41, 5.74) is 7.11. The van der Waals surface area contributed by atoms with E-state index in [1.807, 2.05) is 0 Å². The van der Waals surface area contributed by atoms with E-state index in [1.54, 1.807) is 0 Å². The molecule has 5 rings (SSSR count). The minimum Gasteiger partial charge on any atom is -0.457 e. The molecule has 0 saturated carbocycles. The number of para-hydroxylation sites is 2. The molecule has 0 aliphatic heterocycles. The fourth-order valence-corrected chi connectivity index (χ4v) is 4.11. The maximum absolute atomic E-state index is 6.33. The molecule has 0 amide bonds. The standard InChI is InChI=1S/C27H23NO/c1-18-12-14-25-23(16-18)24-17-22(29-27-19(2)8-7-9-20(27)3)13-15-26(24)28(25)21-10-5-4-6-11-21/h4-17H,1-3H3. The Labute approximate surface area is 171 Å². The third-order valence-corrected chi connectivity index (χ3v) is 5.54. The summed E-state index contributed by atoms with van der Waals surface area (Å²) in [6, 6.07) is 29.8. The van der Waals surface area contributed by atoms with Gasteiger partial charge < -0.3 is 9.30 Å². The lowest BCUT2D eigenvalue weighted by molar-refractivity contribution is 0.476. The van der Waals surface area contributed by atoms with Crippen molar-refractivity contribution in [2.45, 2.75) is 20.8 Å². The van der Waals surface area contributed by atoms with Gasteiger partial charge in [-0.15, -0.1) is 0 Å². The molecule has 0 aliphatic carbocycles. The quantitative estimate of drug-likeness (QED) is 0.317. The minimum atomic E-state index is 0.864. The Kier molecular flexibility index (Phi) is 4.13. The molecule has 0 spiro atoms. The molecule has 0 saturated heterocycles. The van der Waals surface area contributed by atoms with Gasteiger partial charge in [0.25, 0.3) is 0 Å². The Hall–Kier alpha value is -3.52. The van der Waals surface area contributed by atoms with Crippen LogP contribution in [-0.2, 0) is 0 Å². The van der Waals surface area contributed by atoms with Crippen molar-refractivity contribution < 1.29 is 4.74 Å². The number of aryl methyl sites for hydroxylation is 3. The first kappa shape index (κ1) is 17.6. The predicted molar refractivity (Wildman–Crippen MR) is 122 cm³/mol. The van der Waals surface area contributed by atoms with Gasteiger partial charge in [-0.2, -0.15) is 0 Å². The number of rotatable bonds is 3. The summed E-state index contributed by atoms with van der Waals surface area (Å²) in [5.74, 6) is 1.80. The summed E-state index contributed by atoms with van der Waals surface area (Å²) < 4.78 is 8.66. The number of fused-ring (bicyclic) bond motifs is 3. The van der Waals surface area contributed by atoms with Crippen LogP contribution in [0.5, 0.6) is 11.5 Å². The van der Waals surface area contributed by atoms with E-state index in [4.69, 9.17) is 4.74 Å². The monoisotopic (exact) mass is 377 g/mol. The van der Waals surface area contributed by atoms with Gasteiger partial charge >= 0.3 is 0 Å². The second-order valence-corrected chi connectivity index (χ2v) is 7.69. The van der Waals surface area contributed by atoms with Crippen LogP contribution in [0, 0.1) is 20.8 Å². The Morgan fingerprint density at radius 1 is 0.621 bits per heavy atom. The van der Waals surface area contributed by atoms with Gasteiger partial charge in [-0.05, 0) is 74.4 Å². The molecule has 0 atom stereocenters. The van der Waals surface area contributed by atoms with Crippen molar-refractivity contribution in [3.05, 3.63) is 102 Å². The van der Waals surface area contributed by atoms with Crippen LogP contribution in [0.3, 0.4) is 0 Å². The second-order valence-electron chi connectivity index (χ2n) is 7.69. The van der Waals surface area contributed by atoms with Crippen LogP contribution < -0.4 is 4.74 Å². The van der Waals surface area contributed by atoms with E-state index in [2.05, 4.69) is 110 Å². The Morgan fingerprint density at radius 3 is 2.00 bits per heavy atom. The van der Waals surface area contributed by atoms with Crippen LogP contribution >= 0.6 is 0 Å². The van der Waals surface area contributed by atoms with Gasteiger partial charge in [-0.1, -0.05) is 48.0 Å². The van der Waals surface area contributed by atoms with E-state index < -0.39 is 0 Å². The van der Waals surface area contributed by atoms with E-state index >= 15 is 0 Å². The topological polar surface area (TPSA) is 14.2 Å². The van der Waals surface area contributed by atoms with Gasteiger partial charge in [0.05, 0.1) is 11.0 Å². The summed E-state index contributed by atoms with van der Waals surface area (Å²) >= 11 is 0. The highest BCUT2D eigenvalue weighted by Crippen LogP contribution is 2.36. The molecule has 2 nitrogen and oxygen atoms in total. The molecule has 0 N–H and O–H groups in total. The number of aromatic nitrogens is 1. The van der Waals surface area contributed by atoms with Gasteiger partial charge in [0.1, 0.15) is 11.5 Å². The van der Waals surface area contributed by atoms with Crippen molar-refractivity contribution in [2.75, 3.05) is 0 Å². The lowest BCUT2D eigenvalue weighted by atomic mass is 10.1. The molecule has 4 aromatic carbocycles. The summed E-state index contributed by atoms with van der Waals surface area (Å²) in [6.45, 7) is 6.32. The number of hydrogen-bond donors (Lipinski definition) is 0. The molecule has 1 aromatic heterocycles. The van der Waals surface area contributed by atoms with Crippen molar-refractivity contribution in [3.63, 3.8) is 0 Å². The van der Waals surface area contributed by atoms with Gasteiger partial charge in [-0.3, -0.25) is 0 Å². The number of benzene rings is 4. The molecule has 5 aromatic rings. The normalized spacial score (nSPS) is 11.3. The van der Waals surface area contributed by atoms with Crippen molar-refractivity contribution in [2.24, 2.45) is 0 Å². The average Bonchev–Trinajstić information content (AvgIpc) is 3.04. The van der Waals surface area contributed by atoms with Crippen molar-refractivity contribution in [1.29, 1.82) is 0 Å². The third kappa shape index (κ3) is 2.98. The summed E-state index contributed by atoms with van der Waals surface area (Å²) in [6.07, 6.45) is 0. The summed E-state index contributed by atoms with van der Waals surface area (Å²) in [7, 11) is 0. The van der Waals surface area contributed by atoms with E-state index in [1.165, 1.54) is 33.1 Å². The highest BCUT2D eigenvalue weighted by molar-refractivity contribution is 6.10. The zero-order valence-electron chi connectivity index (χ0n) is 16.9. The van der Waals surface area contributed by atoms with Crippen molar-refractivity contribution in [3.8, 4) is 17.2 Å². The van der Waals surface area contributed by atoms with Crippen LogP contribution in [-0.4, -0.2) is 4.57 Å². The van der Waals surface area contributed by atoms with Crippen LogP contribution in [0.2, 0.25) is 0 Å². The van der Waals surface area contributed by atoms with Crippen LogP contribution in [0.4, 0.5) is 0 Å². The largest absolute Gasteiger partial charge is 0.457 e. The van der Waals surface area contributed by atoms with Gasteiger partial charge in [0.2, 0.25) is 0 Å². The molecular formula is C27H23NO. The third-order valence-electron chi connectivity index (χ3n) is 5.54. The van der Waals surface area contributed by atoms with Gasteiger partial charge in [-0.25, -0.2) is 0 Å². The first-order valence-corrected chi connectivity index (χ1v) is 9.96. The fraction of sp³-hybridized carbons (Fsp3) is 0.111. The predicted octanol–water partition coefficient (Wildman–Crippen LogP) is 7.50. The van der Waals surface area contributed by atoms with Gasteiger partial charge in [0.15, 0.2) is 0 Å². The first-order valence-electron chi connectivity index (χ1n) is 9.96. The highest BCUT2D eigenvalue weighted by Gasteiger charge is 2.14. The SMILES string of the molecule is Cc1ccc2c(c1)c1cc(Oc3c(C)cccc3C)ccc1n2-c1ccccc1. The van der Waals surface area contributed by atoms with E-state index in [9.17, 15) is 0 Å². The van der Waals surface area contributed by atoms with Crippen molar-refractivity contribution in [1.82, 2.24) is 4.57 Å². The molecule has 0 bridgehead atoms. The smallest absolute Gasteiger partial charge is 0.133 e. The van der Waals surface area contributed by atoms with Crippen LogP contribution in [0.15, 0.2) is 84.9 Å². The molecule has 0 radical (unpaired) electrons. The molecule has 0 aliphatic rings. The minimum absolute atomic E-state index is 0.864. The van der Waals surface area contributed by atoms with Gasteiger partial charge in [0, 0.05) is 16.5 Å². The van der Waals surface area contributed by atoms with Crippen LogP contribution in [0.25, 0.3) is 27.5 Å². The molecule has 0 fully saturated rings. The first-order chi connectivity index (χ1) is 14.1. The molecule has 0 unspecified atom stereocenters. The highest BCUT2D eigenvalue weighted by atomic mass is 16.5. The lowest BCUT2D eigenvalue weighted by Gasteiger charge is -2.12. The maximum atomic E-state index is 6.33. The molecule has 2 heteroatoms. The Bertz CT molecular complexity index is 1330. The fourth-order valence-electron chi connectivity index (χ4n) is 4.11. The number of hydrogen-bond acceptors (Lipinski definition) is 1. The number of nitrogens with zero attached hydrogens (tertiary/aromatic N) is 1. The van der Waals surface area contributed by atoms with Crippen molar-refractivity contribution >= 4 is 21.8 Å². The number of ether oxygens (including phenoxy) is 1. The maximum Gasteiger partial charge on any atom is 0.133 e. The molecule has 1 heterocycles. The molecule has 142 valence electrons. The van der Waals surface area contributed by atoms with E-state index in [0.29, 0.717) is 0 Å². The molecule has 29 heavy (non-hydrogen) atoms. The summed E-state index contributed by atoms with van der Waals surface area (Å²) in [5, 5.41) is 2.45. The Morgan fingerprint density at radius 2 is 1.28 bits per heavy atom. The zero-order valence-corrected chi connectivity index (χ0v) is 16.9. The summed E-state index contributed by atoms with van der Waals surface area (Å²) in [4.78, 5) is 0. The van der Waals surface area contributed by atoms with Crippen LogP contribution in [0.1, 0.15) is 16.7 Å². The average molecular weight is 377 g/mol.